The SMILES string of the molecule is CC(c1ccc(N)cc1)N(C)CC1CCCN1C. The van der Waals surface area contributed by atoms with Crippen molar-refractivity contribution in [1.82, 2.24) is 9.80 Å². The second-order valence-electron chi connectivity index (χ2n) is 5.56. The van der Waals surface area contributed by atoms with E-state index in [2.05, 4.69) is 43.0 Å². The van der Waals surface area contributed by atoms with Gasteiger partial charge in [0.1, 0.15) is 0 Å². The summed E-state index contributed by atoms with van der Waals surface area (Å²) in [6, 6.07) is 9.40. The van der Waals surface area contributed by atoms with Crippen LogP contribution in [0.15, 0.2) is 24.3 Å². The first kappa shape index (κ1) is 13.4. The van der Waals surface area contributed by atoms with E-state index < -0.39 is 0 Å². The molecule has 3 heteroatoms. The first-order chi connectivity index (χ1) is 8.58. The van der Waals surface area contributed by atoms with E-state index in [-0.39, 0.29) is 0 Å². The number of rotatable bonds is 4. The Morgan fingerprint density at radius 1 is 1.39 bits per heavy atom. The molecule has 0 spiro atoms. The molecule has 1 aliphatic rings. The molecule has 1 fully saturated rings. The lowest BCUT2D eigenvalue weighted by Crippen LogP contribution is -2.37. The van der Waals surface area contributed by atoms with Crippen molar-refractivity contribution in [2.45, 2.75) is 31.8 Å². The number of hydrogen-bond acceptors (Lipinski definition) is 3. The van der Waals surface area contributed by atoms with Crippen LogP contribution in [0.2, 0.25) is 0 Å². The van der Waals surface area contributed by atoms with E-state index in [9.17, 15) is 0 Å². The molecule has 0 radical (unpaired) electrons. The van der Waals surface area contributed by atoms with Gasteiger partial charge >= 0.3 is 0 Å². The Morgan fingerprint density at radius 3 is 2.61 bits per heavy atom. The molecule has 1 aromatic carbocycles. The van der Waals surface area contributed by atoms with Crippen LogP contribution in [0.1, 0.15) is 31.4 Å². The summed E-state index contributed by atoms with van der Waals surface area (Å²) in [5.41, 5.74) is 7.91. The fourth-order valence-corrected chi connectivity index (χ4v) is 2.73. The lowest BCUT2D eigenvalue weighted by molar-refractivity contribution is 0.185. The number of nitrogen functional groups attached to an aromatic ring is 1. The minimum Gasteiger partial charge on any atom is -0.399 e. The van der Waals surface area contributed by atoms with E-state index in [1.165, 1.54) is 24.9 Å². The van der Waals surface area contributed by atoms with Gasteiger partial charge in [0, 0.05) is 24.3 Å². The first-order valence-corrected chi connectivity index (χ1v) is 6.84. The molecule has 1 aromatic rings. The van der Waals surface area contributed by atoms with Gasteiger partial charge in [-0.2, -0.15) is 0 Å². The molecule has 2 atom stereocenters. The number of nitrogens with zero attached hydrogens (tertiary/aromatic N) is 2. The summed E-state index contributed by atoms with van der Waals surface area (Å²) in [6.07, 6.45) is 2.67. The summed E-state index contributed by atoms with van der Waals surface area (Å²) in [5, 5.41) is 0. The topological polar surface area (TPSA) is 32.5 Å². The van der Waals surface area contributed by atoms with Crippen LogP contribution in [0.3, 0.4) is 0 Å². The quantitative estimate of drug-likeness (QED) is 0.829. The van der Waals surface area contributed by atoms with Gasteiger partial charge in [0.15, 0.2) is 0 Å². The van der Waals surface area contributed by atoms with Gasteiger partial charge in [-0.15, -0.1) is 0 Å². The van der Waals surface area contributed by atoms with Crippen molar-refractivity contribution in [1.29, 1.82) is 0 Å². The highest BCUT2D eigenvalue weighted by Gasteiger charge is 2.23. The third-order valence-electron chi connectivity index (χ3n) is 4.25. The van der Waals surface area contributed by atoms with Crippen LogP contribution in [-0.4, -0.2) is 43.0 Å². The number of likely N-dealkylation sites (N-methyl/N-ethyl adjacent to an activating group) is 2. The van der Waals surface area contributed by atoms with E-state index in [1.54, 1.807) is 0 Å². The smallest absolute Gasteiger partial charge is 0.0317 e. The summed E-state index contributed by atoms with van der Waals surface area (Å²) >= 11 is 0. The molecular formula is C15H25N3. The van der Waals surface area contributed by atoms with Crippen molar-refractivity contribution in [2.24, 2.45) is 0 Å². The Hall–Kier alpha value is -1.06. The Labute approximate surface area is 111 Å². The zero-order valence-electron chi connectivity index (χ0n) is 11.8. The van der Waals surface area contributed by atoms with E-state index in [0.29, 0.717) is 12.1 Å². The van der Waals surface area contributed by atoms with Crippen molar-refractivity contribution in [3.05, 3.63) is 29.8 Å². The highest BCUT2D eigenvalue weighted by molar-refractivity contribution is 5.40. The molecule has 0 saturated carbocycles. The van der Waals surface area contributed by atoms with Gasteiger partial charge in [-0.05, 0) is 58.1 Å². The van der Waals surface area contributed by atoms with Gasteiger partial charge in [0.2, 0.25) is 0 Å². The number of likely N-dealkylation sites (tertiary alicyclic amines) is 1. The Morgan fingerprint density at radius 2 is 2.06 bits per heavy atom. The summed E-state index contributed by atoms with van der Waals surface area (Å²) in [7, 11) is 4.45. The molecule has 1 aliphatic heterocycles. The van der Waals surface area contributed by atoms with Gasteiger partial charge in [0.25, 0.3) is 0 Å². The second kappa shape index (κ2) is 5.72. The third-order valence-corrected chi connectivity index (χ3v) is 4.25. The molecule has 18 heavy (non-hydrogen) atoms. The molecule has 0 bridgehead atoms. The molecular weight excluding hydrogens is 222 g/mol. The minimum absolute atomic E-state index is 0.444. The van der Waals surface area contributed by atoms with E-state index >= 15 is 0 Å². The molecule has 0 aliphatic carbocycles. The Kier molecular flexibility index (Phi) is 4.25. The Balaban J connectivity index is 1.95. The molecule has 1 heterocycles. The lowest BCUT2D eigenvalue weighted by atomic mass is 10.1. The van der Waals surface area contributed by atoms with Crippen LogP contribution in [0.25, 0.3) is 0 Å². The van der Waals surface area contributed by atoms with Crippen LogP contribution in [-0.2, 0) is 0 Å². The van der Waals surface area contributed by atoms with Gasteiger partial charge in [-0.25, -0.2) is 0 Å². The molecule has 0 amide bonds. The van der Waals surface area contributed by atoms with Gasteiger partial charge in [-0.3, -0.25) is 4.90 Å². The summed E-state index contributed by atoms with van der Waals surface area (Å²) in [4.78, 5) is 4.92. The minimum atomic E-state index is 0.444. The van der Waals surface area contributed by atoms with Crippen molar-refractivity contribution in [3.63, 3.8) is 0 Å². The molecule has 0 aromatic heterocycles. The second-order valence-corrected chi connectivity index (χ2v) is 5.56. The summed E-state index contributed by atoms with van der Waals surface area (Å²) in [6.45, 7) is 4.65. The number of anilines is 1. The number of hydrogen-bond donors (Lipinski definition) is 1. The zero-order chi connectivity index (χ0) is 13.1. The molecule has 1 saturated heterocycles. The van der Waals surface area contributed by atoms with E-state index in [4.69, 9.17) is 5.73 Å². The van der Waals surface area contributed by atoms with Gasteiger partial charge < -0.3 is 10.6 Å². The van der Waals surface area contributed by atoms with Crippen molar-refractivity contribution < 1.29 is 0 Å². The molecule has 2 rings (SSSR count). The van der Waals surface area contributed by atoms with Gasteiger partial charge in [0.05, 0.1) is 0 Å². The summed E-state index contributed by atoms with van der Waals surface area (Å²) in [5.74, 6) is 0. The maximum atomic E-state index is 5.73. The zero-order valence-corrected chi connectivity index (χ0v) is 11.8. The average Bonchev–Trinajstić information content (AvgIpc) is 2.75. The molecule has 2 N–H and O–H groups in total. The van der Waals surface area contributed by atoms with Crippen LogP contribution in [0.4, 0.5) is 5.69 Å². The maximum Gasteiger partial charge on any atom is 0.0317 e. The van der Waals surface area contributed by atoms with Crippen LogP contribution in [0, 0.1) is 0 Å². The van der Waals surface area contributed by atoms with E-state index in [0.717, 1.165) is 12.2 Å². The van der Waals surface area contributed by atoms with Crippen molar-refractivity contribution in [3.8, 4) is 0 Å². The van der Waals surface area contributed by atoms with Gasteiger partial charge in [-0.1, -0.05) is 12.1 Å². The fourth-order valence-electron chi connectivity index (χ4n) is 2.73. The average molecular weight is 247 g/mol. The number of nitrogens with two attached hydrogens (primary N) is 1. The monoisotopic (exact) mass is 247 g/mol. The normalized spacial score (nSPS) is 22.6. The highest BCUT2D eigenvalue weighted by Crippen LogP contribution is 2.23. The third kappa shape index (κ3) is 3.03. The highest BCUT2D eigenvalue weighted by atomic mass is 15.2. The van der Waals surface area contributed by atoms with Crippen LogP contribution < -0.4 is 5.73 Å². The predicted octanol–water partition coefficient (Wildman–Crippen LogP) is 2.36. The first-order valence-electron chi connectivity index (χ1n) is 6.84. The molecule has 3 nitrogen and oxygen atoms in total. The summed E-state index contributed by atoms with van der Waals surface area (Å²) < 4.78 is 0. The largest absolute Gasteiger partial charge is 0.399 e. The van der Waals surface area contributed by atoms with E-state index in [1.807, 2.05) is 12.1 Å². The Bertz CT molecular complexity index is 374. The lowest BCUT2D eigenvalue weighted by Gasteiger charge is -2.30. The fraction of sp³-hybridized carbons (Fsp3) is 0.600. The standard InChI is InChI=1S/C15H25N3/c1-12(13-6-8-14(16)9-7-13)18(3)11-15-5-4-10-17(15)2/h6-9,12,15H,4-5,10-11,16H2,1-3H3. The predicted molar refractivity (Wildman–Crippen MR) is 77.6 cm³/mol. The number of benzene rings is 1. The molecule has 2 unspecified atom stereocenters. The van der Waals surface area contributed by atoms with Crippen molar-refractivity contribution in [2.75, 3.05) is 32.9 Å². The van der Waals surface area contributed by atoms with Crippen LogP contribution >= 0.6 is 0 Å². The van der Waals surface area contributed by atoms with Crippen molar-refractivity contribution >= 4 is 5.69 Å². The molecule has 100 valence electrons. The maximum absolute atomic E-state index is 5.73. The van der Waals surface area contributed by atoms with Crippen LogP contribution in [0.5, 0.6) is 0 Å².